The van der Waals surface area contributed by atoms with Gasteiger partial charge in [0.15, 0.2) is 5.78 Å². The van der Waals surface area contributed by atoms with Crippen molar-refractivity contribution >= 4 is 23.3 Å². The molecule has 0 saturated heterocycles. The second kappa shape index (κ2) is 6.95. The highest BCUT2D eigenvalue weighted by Crippen LogP contribution is 2.19. The minimum atomic E-state index is -1.00. The van der Waals surface area contributed by atoms with E-state index in [9.17, 15) is 4.79 Å². The number of thioether (sulfide) groups is 1. The van der Waals surface area contributed by atoms with Gasteiger partial charge in [-0.2, -0.15) is 9.94 Å². The van der Waals surface area contributed by atoms with Crippen molar-refractivity contribution in [3.63, 3.8) is 0 Å². The maximum Gasteiger partial charge on any atom is 0.214 e. The van der Waals surface area contributed by atoms with Gasteiger partial charge in [-0.1, -0.05) is 29.5 Å². The predicted octanol–water partition coefficient (Wildman–Crippen LogP) is 1.81. The topological polar surface area (TPSA) is 108 Å². The van der Waals surface area contributed by atoms with Gasteiger partial charge in [0.05, 0.1) is 17.5 Å². The molecule has 0 aliphatic heterocycles. The number of hydrogen-bond acceptors (Lipinski definition) is 7. The van der Waals surface area contributed by atoms with Gasteiger partial charge in [-0.3, -0.25) is 4.79 Å². The quantitative estimate of drug-likeness (QED) is 0.643. The Bertz CT molecular complexity index is 731. The van der Waals surface area contributed by atoms with E-state index in [0.717, 1.165) is 23.0 Å². The highest BCUT2D eigenvalue weighted by Gasteiger charge is 2.21. The summed E-state index contributed by atoms with van der Waals surface area (Å²) in [6.07, 6.45) is 0. The largest absolute Gasteiger partial charge is 0.308 e. The average molecular weight is 314 g/mol. The molecule has 0 radical (unpaired) electrons. The van der Waals surface area contributed by atoms with E-state index in [-0.39, 0.29) is 17.2 Å². The summed E-state index contributed by atoms with van der Waals surface area (Å²) in [5, 5.41) is 28.2. The third-order valence-corrected chi connectivity index (χ3v) is 3.89. The molecule has 22 heavy (non-hydrogen) atoms. The van der Waals surface area contributed by atoms with E-state index < -0.39 is 5.92 Å². The van der Waals surface area contributed by atoms with E-state index in [1.807, 2.05) is 37.3 Å². The Morgan fingerprint density at radius 2 is 2.14 bits per heavy atom. The zero-order valence-corrected chi connectivity index (χ0v) is 13.0. The van der Waals surface area contributed by atoms with Crippen LogP contribution in [-0.2, 0) is 4.79 Å². The Labute approximate surface area is 131 Å². The lowest BCUT2D eigenvalue weighted by atomic mass is 10.0. The molecule has 0 aliphatic rings. The minimum absolute atomic E-state index is 0.0423. The van der Waals surface area contributed by atoms with Crippen LogP contribution in [0.1, 0.15) is 12.5 Å². The number of rotatable bonds is 6. The number of Topliss-reactive ketones (excluding diaryl/α,β-unsaturated/α-hetero) is 1. The van der Waals surface area contributed by atoms with Crippen LogP contribution in [0.2, 0.25) is 0 Å². The van der Waals surface area contributed by atoms with E-state index in [4.69, 9.17) is 10.7 Å². The van der Waals surface area contributed by atoms with Crippen LogP contribution in [0.5, 0.6) is 0 Å². The number of nitrogens with zero attached hydrogens (tertiary/aromatic N) is 5. The zero-order valence-electron chi connectivity index (χ0n) is 12.1. The summed E-state index contributed by atoms with van der Waals surface area (Å²) < 4.78 is 1.54. The predicted molar refractivity (Wildman–Crippen MR) is 82.1 cm³/mol. The Hall–Kier alpha value is -2.53. The van der Waals surface area contributed by atoms with Crippen molar-refractivity contribution in [2.75, 3.05) is 5.75 Å². The highest BCUT2D eigenvalue weighted by atomic mass is 32.2. The SMILES string of the molecule is CC(=N)[C@H](C#N)C(=O)CSc1nnnn1-c1ccc(C)cc1. The van der Waals surface area contributed by atoms with Gasteiger partial charge >= 0.3 is 0 Å². The summed E-state index contributed by atoms with van der Waals surface area (Å²) in [5.41, 5.74) is 1.97. The first-order chi connectivity index (χ1) is 10.5. The number of aryl methyl sites for hydroxylation is 1. The second-order valence-electron chi connectivity index (χ2n) is 4.71. The molecular formula is C14H14N6OS. The number of hydrogen-bond donors (Lipinski definition) is 1. The van der Waals surface area contributed by atoms with Crippen LogP contribution >= 0.6 is 11.8 Å². The number of carbonyl (C=O) groups excluding carboxylic acids is 1. The molecule has 0 fully saturated rings. The van der Waals surface area contributed by atoms with Crippen LogP contribution in [0.3, 0.4) is 0 Å². The molecule has 1 aromatic heterocycles. The van der Waals surface area contributed by atoms with Crippen LogP contribution in [-0.4, -0.2) is 37.5 Å². The molecule has 7 nitrogen and oxygen atoms in total. The molecule has 2 rings (SSSR count). The van der Waals surface area contributed by atoms with Gasteiger partial charge in [0.2, 0.25) is 5.16 Å². The molecular weight excluding hydrogens is 300 g/mol. The Morgan fingerprint density at radius 1 is 1.45 bits per heavy atom. The van der Waals surface area contributed by atoms with Gasteiger partial charge < -0.3 is 5.41 Å². The molecule has 0 amide bonds. The lowest BCUT2D eigenvalue weighted by Crippen LogP contribution is -2.21. The van der Waals surface area contributed by atoms with E-state index in [0.29, 0.717) is 5.16 Å². The molecule has 0 aliphatic carbocycles. The van der Waals surface area contributed by atoms with Crippen LogP contribution in [0, 0.1) is 29.6 Å². The molecule has 112 valence electrons. The number of ketones is 1. The third-order valence-electron chi connectivity index (χ3n) is 2.95. The molecule has 1 N–H and O–H groups in total. The lowest BCUT2D eigenvalue weighted by molar-refractivity contribution is -0.117. The standard InChI is InChI=1S/C14H14N6OS/c1-9-3-5-11(6-4-9)20-14(17-18-19-20)22-8-13(21)12(7-15)10(2)16/h3-6,12,16H,8H2,1-2H3/t12-/m0/s1. The molecule has 8 heteroatoms. The van der Waals surface area contributed by atoms with Gasteiger partial charge in [0.25, 0.3) is 0 Å². The van der Waals surface area contributed by atoms with Gasteiger partial charge in [-0.15, -0.1) is 5.10 Å². The third kappa shape index (κ3) is 3.56. The van der Waals surface area contributed by atoms with Crippen LogP contribution in [0.25, 0.3) is 5.69 Å². The fraction of sp³-hybridized carbons (Fsp3) is 0.286. The first kappa shape index (κ1) is 15.9. The highest BCUT2D eigenvalue weighted by molar-refractivity contribution is 7.99. The van der Waals surface area contributed by atoms with Crippen molar-refractivity contribution in [2.45, 2.75) is 19.0 Å². The van der Waals surface area contributed by atoms with Gasteiger partial charge in [-0.05, 0) is 36.4 Å². The molecule has 0 spiro atoms. The first-order valence-electron chi connectivity index (χ1n) is 6.48. The summed E-state index contributed by atoms with van der Waals surface area (Å²) in [5.74, 6) is -1.28. The van der Waals surface area contributed by atoms with Crippen molar-refractivity contribution in [2.24, 2.45) is 5.92 Å². The lowest BCUT2D eigenvalue weighted by Gasteiger charge is -2.06. The molecule has 1 atom stereocenters. The Kier molecular flexibility index (Phi) is 5.01. The average Bonchev–Trinajstić information content (AvgIpc) is 2.94. The Morgan fingerprint density at radius 3 is 2.73 bits per heavy atom. The van der Waals surface area contributed by atoms with Gasteiger partial charge in [0, 0.05) is 5.71 Å². The maximum absolute atomic E-state index is 11.9. The Balaban J connectivity index is 2.11. The van der Waals surface area contributed by atoms with Crippen molar-refractivity contribution in [1.29, 1.82) is 10.7 Å². The van der Waals surface area contributed by atoms with Gasteiger partial charge in [-0.25, -0.2) is 0 Å². The van der Waals surface area contributed by atoms with E-state index in [1.54, 1.807) is 0 Å². The number of carbonyl (C=O) groups is 1. The van der Waals surface area contributed by atoms with Crippen molar-refractivity contribution in [3.8, 4) is 11.8 Å². The van der Waals surface area contributed by atoms with E-state index in [2.05, 4.69) is 15.5 Å². The molecule has 2 aromatic rings. The monoisotopic (exact) mass is 314 g/mol. The number of nitriles is 1. The molecule has 1 aromatic carbocycles. The summed E-state index contributed by atoms with van der Waals surface area (Å²) in [6.45, 7) is 3.44. The van der Waals surface area contributed by atoms with E-state index in [1.165, 1.54) is 11.6 Å². The van der Waals surface area contributed by atoms with Crippen LogP contribution < -0.4 is 0 Å². The summed E-state index contributed by atoms with van der Waals surface area (Å²) in [6, 6.07) is 9.50. The number of nitrogens with one attached hydrogen (secondary N) is 1. The van der Waals surface area contributed by atoms with Crippen LogP contribution in [0.4, 0.5) is 0 Å². The van der Waals surface area contributed by atoms with Crippen molar-refractivity contribution in [1.82, 2.24) is 20.2 Å². The fourth-order valence-corrected chi connectivity index (χ4v) is 2.54. The molecule has 0 unspecified atom stereocenters. The molecule has 0 bridgehead atoms. The number of benzene rings is 1. The summed E-state index contributed by atoms with van der Waals surface area (Å²) >= 11 is 1.15. The second-order valence-corrected chi connectivity index (χ2v) is 5.65. The fourth-order valence-electron chi connectivity index (χ4n) is 1.75. The normalized spacial score (nSPS) is 11.7. The van der Waals surface area contributed by atoms with Crippen molar-refractivity contribution in [3.05, 3.63) is 29.8 Å². The minimum Gasteiger partial charge on any atom is -0.308 e. The smallest absolute Gasteiger partial charge is 0.214 e. The maximum atomic E-state index is 11.9. The van der Waals surface area contributed by atoms with Crippen molar-refractivity contribution < 1.29 is 4.79 Å². The summed E-state index contributed by atoms with van der Waals surface area (Å²) in [7, 11) is 0. The molecule has 1 heterocycles. The van der Waals surface area contributed by atoms with Crippen LogP contribution in [0.15, 0.2) is 29.4 Å². The zero-order chi connectivity index (χ0) is 16.1. The number of tetrazole rings is 1. The summed E-state index contributed by atoms with van der Waals surface area (Å²) in [4.78, 5) is 11.9. The van der Waals surface area contributed by atoms with E-state index >= 15 is 0 Å². The number of aromatic nitrogens is 4. The first-order valence-corrected chi connectivity index (χ1v) is 7.47. The van der Waals surface area contributed by atoms with Gasteiger partial charge in [0.1, 0.15) is 5.92 Å². The molecule has 0 saturated carbocycles.